The average Bonchev–Trinajstić information content (AvgIpc) is 2.43. The van der Waals surface area contributed by atoms with Crippen LogP contribution in [0.25, 0.3) is 0 Å². The van der Waals surface area contributed by atoms with E-state index in [2.05, 4.69) is 5.32 Å². The number of carbonyl (C=O) groups excluding carboxylic acids is 1. The van der Waals surface area contributed by atoms with Crippen LogP contribution in [0.3, 0.4) is 0 Å². The second-order valence-electron chi connectivity index (χ2n) is 4.47. The molecule has 0 saturated heterocycles. The van der Waals surface area contributed by atoms with Crippen LogP contribution in [0.5, 0.6) is 11.5 Å². The van der Waals surface area contributed by atoms with E-state index in [9.17, 15) is 9.90 Å². The van der Waals surface area contributed by atoms with Gasteiger partial charge in [-0.05, 0) is 42.8 Å². The highest BCUT2D eigenvalue weighted by atomic mass is 16.5. The summed E-state index contributed by atoms with van der Waals surface area (Å²) in [7, 11) is 0. The summed E-state index contributed by atoms with van der Waals surface area (Å²) >= 11 is 0. The minimum absolute atomic E-state index is 0.0775. The van der Waals surface area contributed by atoms with Crippen molar-refractivity contribution < 1.29 is 14.6 Å². The summed E-state index contributed by atoms with van der Waals surface area (Å²) in [5.41, 5.74) is 1.56. The summed E-state index contributed by atoms with van der Waals surface area (Å²) in [6.45, 7) is 2.80. The lowest BCUT2D eigenvalue weighted by Gasteiger charge is -2.08. The molecular formula is C16H17NO3. The van der Waals surface area contributed by atoms with Gasteiger partial charge in [0.1, 0.15) is 18.1 Å². The SMILES string of the molecule is Cc1cccc(OCCNC(=O)c2cccc(O)c2)c1. The van der Waals surface area contributed by atoms with Crippen molar-refractivity contribution >= 4 is 5.91 Å². The average molecular weight is 271 g/mol. The summed E-state index contributed by atoms with van der Waals surface area (Å²) in [6, 6.07) is 14.0. The number of phenolic OH excluding ortho intramolecular Hbond substituents is 1. The Hall–Kier alpha value is -2.49. The second-order valence-corrected chi connectivity index (χ2v) is 4.47. The molecule has 4 nitrogen and oxygen atoms in total. The van der Waals surface area contributed by atoms with Crippen molar-refractivity contribution in [1.29, 1.82) is 0 Å². The van der Waals surface area contributed by atoms with Crippen LogP contribution in [0.1, 0.15) is 15.9 Å². The highest BCUT2D eigenvalue weighted by Gasteiger charge is 2.05. The molecule has 0 aliphatic heterocycles. The maximum atomic E-state index is 11.8. The molecule has 4 heteroatoms. The summed E-state index contributed by atoms with van der Waals surface area (Å²) in [6.07, 6.45) is 0. The van der Waals surface area contributed by atoms with Crippen LogP contribution < -0.4 is 10.1 Å². The first-order chi connectivity index (χ1) is 9.65. The number of carbonyl (C=O) groups is 1. The van der Waals surface area contributed by atoms with Crippen molar-refractivity contribution in [2.75, 3.05) is 13.2 Å². The molecular weight excluding hydrogens is 254 g/mol. The Morgan fingerprint density at radius 3 is 2.75 bits per heavy atom. The van der Waals surface area contributed by atoms with Gasteiger partial charge in [-0.25, -0.2) is 0 Å². The number of benzene rings is 2. The number of nitrogens with one attached hydrogen (secondary N) is 1. The highest BCUT2D eigenvalue weighted by Crippen LogP contribution is 2.12. The van der Waals surface area contributed by atoms with E-state index < -0.39 is 0 Å². The van der Waals surface area contributed by atoms with Crippen molar-refractivity contribution in [2.24, 2.45) is 0 Å². The Bertz CT molecular complexity index is 596. The van der Waals surface area contributed by atoms with Crippen molar-refractivity contribution in [2.45, 2.75) is 6.92 Å². The van der Waals surface area contributed by atoms with Crippen molar-refractivity contribution in [3.05, 3.63) is 59.7 Å². The molecule has 0 radical (unpaired) electrons. The lowest BCUT2D eigenvalue weighted by atomic mass is 10.2. The van der Waals surface area contributed by atoms with E-state index in [-0.39, 0.29) is 11.7 Å². The molecule has 104 valence electrons. The standard InChI is InChI=1S/C16H17NO3/c1-12-4-2-7-15(10-12)20-9-8-17-16(19)13-5-3-6-14(18)11-13/h2-7,10-11,18H,8-9H2,1H3,(H,17,19). The van der Waals surface area contributed by atoms with Gasteiger partial charge >= 0.3 is 0 Å². The van der Waals surface area contributed by atoms with Gasteiger partial charge in [0, 0.05) is 5.56 Å². The number of amides is 1. The van der Waals surface area contributed by atoms with Gasteiger partial charge in [0.05, 0.1) is 6.54 Å². The Morgan fingerprint density at radius 1 is 1.20 bits per heavy atom. The fraction of sp³-hybridized carbons (Fsp3) is 0.188. The van der Waals surface area contributed by atoms with Crippen LogP contribution >= 0.6 is 0 Å². The van der Waals surface area contributed by atoms with E-state index in [4.69, 9.17) is 4.74 Å². The Kier molecular flexibility index (Phi) is 4.60. The first-order valence-electron chi connectivity index (χ1n) is 6.42. The molecule has 0 aliphatic carbocycles. The predicted molar refractivity (Wildman–Crippen MR) is 77.1 cm³/mol. The van der Waals surface area contributed by atoms with E-state index in [1.807, 2.05) is 31.2 Å². The smallest absolute Gasteiger partial charge is 0.251 e. The molecule has 0 unspecified atom stereocenters. The molecule has 0 saturated carbocycles. The van der Waals surface area contributed by atoms with E-state index in [1.54, 1.807) is 12.1 Å². The molecule has 0 aromatic heterocycles. The zero-order valence-electron chi connectivity index (χ0n) is 11.3. The molecule has 1 amide bonds. The summed E-state index contributed by atoms with van der Waals surface area (Å²) < 4.78 is 5.53. The second kappa shape index (κ2) is 6.61. The van der Waals surface area contributed by atoms with Gasteiger partial charge in [0.2, 0.25) is 0 Å². The fourth-order valence-electron chi connectivity index (χ4n) is 1.79. The van der Waals surface area contributed by atoms with Gasteiger partial charge in [-0.1, -0.05) is 18.2 Å². The Labute approximate surface area is 118 Å². The molecule has 2 aromatic carbocycles. The topological polar surface area (TPSA) is 58.6 Å². The minimum atomic E-state index is -0.228. The molecule has 0 bridgehead atoms. The third-order valence-electron chi connectivity index (χ3n) is 2.75. The molecule has 0 heterocycles. The lowest BCUT2D eigenvalue weighted by Crippen LogP contribution is -2.28. The maximum absolute atomic E-state index is 11.8. The van der Waals surface area contributed by atoms with Gasteiger partial charge < -0.3 is 15.2 Å². The molecule has 2 rings (SSSR count). The first-order valence-corrected chi connectivity index (χ1v) is 6.42. The van der Waals surface area contributed by atoms with Gasteiger partial charge in [-0.3, -0.25) is 4.79 Å². The molecule has 0 atom stereocenters. The Balaban J connectivity index is 1.77. The van der Waals surface area contributed by atoms with Crippen LogP contribution in [-0.4, -0.2) is 24.2 Å². The number of aryl methyl sites for hydroxylation is 1. The van der Waals surface area contributed by atoms with Crippen LogP contribution in [0.15, 0.2) is 48.5 Å². The largest absolute Gasteiger partial charge is 0.508 e. The summed E-state index contributed by atoms with van der Waals surface area (Å²) in [5, 5.41) is 12.0. The first kappa shape index (κ1) is 13.9. The Morgan fingerprint density at radius 2 is 2.00 bits per heavy atom. The van der Waals surface area contributed by atoms with Crippen LogP contribution in [0.4, 0.5) is 0 Å². The number of hydrogen-bond donors (Lipinski definition) is 2. The molecule has 2 N–H and O–H groups in total. The van der Waals surface area contributed by atoms with E-state index in [0.717, 1.165) is 11.3 Å². The monoisotopic (exact) mass is 271 g/mol. The van der Waals surface area contributed by atoms with Gasteiger partial charge in [-0.15, -0.1) is 0 Å². The number of rotatable bonds is 5. The summed E-state index contributed by atoms with van der Waals surface area (Å²) in [4.78, 5) is 11.8. The number of hydrogen-bond acceptors (Lipinski definition) is 3. The zero-order valence-corrected chi connectivity index (χ0v) is 11.3. The highest BCUT2D eigenvalue weighted by molar-refractivity contribution is 5.94. The molecule has 0 aliphatic rings. The number of phenols is 1. The van der Waals surface area contributed by atoms with E-state index in [0.29, 0.717) is 18.7 Å². The van der Waals surface area contributed by atoms with Crippen molar-refractivity contribution in [3.63, 3.8) is 0 Å². The molecule has 2 aromatic rings. The van der Waals surface area contributed by atoms with Crippen molar-refractivity contribution in [3.8, 4) is 11.5 Å². The third kappa shape index (κ3) is 4.02. The number of aromatic hydroxyl groups is 1. The van der Waals surface area contributed by atoms with Gasteiger partial charge in [0.15, 0.2) is 0 Å². The van der Waals surface area contributed by atoms with E-state index in [1.165, 1.54) is 12.1 Å². The predicted octanol–water partition coefficient (Wildman–Crippen LogP) is 2.51. The molecule has 0 spiro atoms. The van der Waals surface area contributed by atoms with Crippen LogP contribution in [0, 0.1) is 6.92 Å². The molecule has 20 heavy (non-hydrogen) atoms. The molecule has 0 fully saturated rings. The zero-order chi connectivity index (χ0) is 14.4. The third-order valence-corrected chi connectivity index (χ3v) is 2.75. The van der Waals surface area contributed by atoms with Gasteiger partial charge in [0.25, 0.3) is 5.91 Å². The van der Waals surface area contributed by atoms with Crippen LogP contribution in [-0.2, 0) is 0 Å². The van der Waals surface area contributed by atoms with Crippen molar-refractivity contribution in [1.82, 2.24) is 5.32 Å². The fourth-order valence-corrected chi connectivity index (χ4v) is 1.79. The quantitative estimate of drug-likeness (QED) is 0.821. The maximum Gasteiger partial charge on any atom is 0.251 e. The minimum Gasteiger partial charge on any atom is -0.508 e. The van der Waals surface area contributed by atoms with Crippen LogP contribution in [0.2, 0.25) is 0 Å². The lowest BCUT2D eigenvalue weighted by molar-refractivity contribution is 0.0946. The number of ether oxygens (including phenoxy) is 1. The van der Waals surface area contributed by atoms with Gasteiger partial charge in [-0.2, -0.15) is 0 Å². The summed E-state index contributed by atoms with van der Waals surface area (Å²) in [5.74, 6) is 0.638. The van der Waals surface area contributed by atoms with E-state index >= 15 is 0 Å². The normalized spacial score (nSPS) is 10.1.